The van der Waals surface area contributed by atoms with E-state index in [1.807, 2.05) is 6.92 Å². The molecule has 0 aliphatic carbocycles. The highest BCUT2D eigenvalue weighted by atomic mass is 16.3. The lowest BCUT2D eigenvalue weighted by molar-refractivity contribution is 0.123. The fourth-order valence-electron chi connectivity index (χ4n) is 1.92. The zero-order valence-corrected chi connectivity index (χ0v) is 8.61. The summed E-state index contributed by atoms with van der Waals surface area (Å²) in [4.78, 5) is 2.33. The SMILES string of the molecule is CC(CO)CN1CCC(C(C)O)C1. The van der Waals surface area contributed by atoms with Gasteiger partial charge in [0, 0.05) is 19.7 Å². The minimum absolute atomic E-state index is 0.186. The van der Waals surface area contributed by atoms with Crippen molar-refractivity contribution in [2.24, 2.45) is 11.8 Å². The molecule has 1 rings (SSSR count). The molecule has 0 aromatic heterocycles. The van der Waals surface area contributed by atoms with Crippen LogP contribution in [0.5, 0.6) is 0 Å². The molecule has 13 heavy (non-hydrogen) atoms. The summed E-state index contributed by atoms with van der Waals surface area (Å²) in [5, 5.41) is 18.3. The van der Waals surface area contributed by atoms with Crippen molar-refractivity contribution in [2.75, 3.05) is 26.2 Å². The summed E-state index contributed by atoms with van der Waals surface area (Å²) < 4.78 is 0. The average molecular weight is 187 g/mol. The van der Waals surface area contributed by atoms with Crippen LogP contribution in [0.25, 0.3) is 0 Å². The molecule has 1 fully saturated rings. The maximum Gasteiger partial charge on any atom is 0.0552 e. The number of hydrogen-bond acceptors (Lipinski definition) is 3. The monoisotopic (exact) mass is 187 g/mol. The second-order valence-electron chi connectivity index (χ2n) is 4.34. The number of rotatable bonds is 4. The maximum atomic E-state index is 9.39. The number of aliphatic hydroxyl groups excluding tert-OH is 2. The predicted molar refractivity (Wildman–Crippen MR) is 52.5 cm³/mol. The minimum Gasteiger partial charge on any atom is -0.396 e. The lowest BCUT2D eigenvalue weighted by Gasteiger charge is -2.20. The molecule has 1 saturated heterocycles. The van der Waals surface area contributed by atoms with Crippen LogP contribution < -0.4 is 0 Å². The Labute approximate surface area is 80.4 Å². The summed E-state index contributed by atoms with van der Waals surface area (Å²) in [5.41, 5.74) is 0. The molecule has 3 atom stereocenters. The van der Waals surface area contributed by atoms with Gasteiger partial charge in [0.05, 0.1) is 6.10 Å². The summed E-state index contributed by atoms with van der Waals surface area (Å²) >= 11 is 0. The highest BCUT2D eigenvalue weighted by Crippen LogP contribution is 2.20. The fraction of sp³-hybridized carbons (Fsp3) is 1.00. The summed E-state index contributed by atoms with van der Waals surface area (Å²) in [6, 6.07) is 0. The van der Waals surface area contributed by atoms with E-state index < -0.39 is 0 Å². The number of likely N-dealkylation sites (tertiary alicyclic amines) is 1. The molecule has 0 amide bonds. The van der Waals surface area contributed by atoms with Crippen molar-refractivity contribution in [1.29, 1.82) is 0 Å². The second-order valence-corrected chi connectivity index (χ2v) is 4.34. The molecule has 3 nitrogen and oxygen atoms in total. The second kappa shape index (κ2) is 4.94. The van der Waals surface area contributed by atoms with Crippen molar-refractivity contribution >= 4 is 0 Å². The Balaban J connectivity index is 2.25. The number of aliphatic hydroxyl groups is 2. The van der Waals surface area contributed by atoms with Crippen LogP contribution in [0.4, 0.5) is 0 Å². The highest BCUT2D eigenvalue weighted by molar-refractivity contribution is 4.79. The first-order valence-electron chi connectivity index (χ1n) is 5.14. The van der Waals surface area contributed by atoms with Gasteiger partial charge < -0.3 is 15.1 Å². The van der Waals surface area contributed by atoms with Crippen molar-refractivity contribution in [3.05, 3.63) is 0 Å². The molecular weight excluding hydrogens is 166 g/mol. The van der Waals surface area contributed by atoms with Gasteiger partial charge in [0.25, 0.3) is 0 Å². The van der Waals surface area contributed by atoms with Crippen LogP contribution in [0.1, 0.15) is 20.3 Å². The Morgan fingerprint density at radius 3 is 2.62 bits per heavy atom. The van der Waals surface area contributed by atoms with E-state index in [-0.39, 0.29) is 12.7 Å². The molecule has 0 bridgehead atoms. The van der Waals surface area contributed by atoms with E-state index >= 15 is 0 Å². The van der Waals surface area contributed by atoms with Crippen LogP contribution in [0.2, 0.25) is 0 Å². The summed E-state index contributed by atoms with van der Waals surface area (Å²) in [6.07, 6.45) is 0.907. The molecule has 0 saturated carbocycles. The molecule has 1 aliphatic heterocycles. The van der Waals surface area contributed by atoms with Gasteiger partial charge in [-0.2, -0.15) is 0 Å². The third-order valence-corrected chi connectivity index (χ3v) is 2.87. The third-order valence-electron chi connectivity index (χ3n) is 2.87. The van der Waals surface area contributed by atoms with Gasteiger partial charge in [-0.1, -0.05) is 6.92 Å². The number of nitrogens with zero attached hydrogens (tertiary/aromatic N) is 1. The summed E-state index contributed by atoms with van der Waals surface area (Å²) in [7, 11) is 0. The molecule has 1 aliphatic rings. The molecule has 0 radical (unpaired) electrons. The minimum atomic E-state index is -0.186. The molecule has 0 aromatic rings. The van der Waals surface area contributed by atoms with E-state index in [1.54, 1.807) is 0 Å². The molecule has 0 spiro atoms. The van der Waals surface area contributed by atoms with Gasteiger partial charge in [0.15, 0.2) is 0 Å². The molecule has 3 unspecified atom stereocenters. The van der Waals surface area contributed by atoms with Gasteiger partial charge >= 0.3 is 0 Å². The van der Waals surface area contributed by atoms with Gasteiger partial charge in [-0.05, 0) is 31.7 Å². The molecule has 1 heterocycles. The summed E-state index contributed by atoms with van der Waals surface area (Å²) in [5.74, 6) is 0.790. The molecule has 2 N–H and O–H groups in total. The normalized spacial score (nSPS) is 29.1. The van der Waals surface area contributed by atoms with Crippen LogP contribution >= 0.6 is 0 Å². The Morgan fingerprint density at radius 2 is 2.15 bits per heavy atom. The van der Waals surface area contributed by atoms with E-state index in [0.29, 0.717) is 11.8 Å². The zero-order valence-electron chi connectivity index (χ0n) is 8.61. The first kappa shape index (κ1) is 11.0. The van der Waals surface area contributed by atoms with Crippen molar-refractivity contribution in [3.8, 4) is 0 Å². The van der Waals surface area contributed by atoms with E-state index in [4.69, 9.17) is 5.11 Å². The van der Waals surface area contributed by atoms with Gasteiger partial charge in [0.2, 0.25) is 0 Å². The topological polar surface area (TPSA) is 43.7 Å². The smallest absolute Gasteiger partial charge is 0.0552 e. The fourth-order valence-corrected chi connectivity index (χ4v) is 1.92. The van der Waals surface area contributed by atoms with Gasteiger partial charge in [0.1, 0.15) is 0 Å². The Morgan fingerprint density at radius 1 is 1.46 bits per heavy atom. The zero-order chi connectivity index (χ0) is 9.84. The van der Waals surface area contributed by atoms with Gasteiger partial charge in [-0.3, -0.25) is 0 Å². The first-order chi connectivity index (χ1) is 6.13. The summed E-state index contributed by atoms with van der Waals surface area (Å²) in [6.45, 7) is 7.19. The molecule has 3 heteroatoms. The van der Waals surface area contributed by atoms with Crippen LogP contribution in [0.15, 0.2) is 0 Å². The maximum absolute atomic E-state index is 9.39. The van der Waals surface area contributed by atoms with Crippen molar-refractivity contribution in [2.45, 2.75) is 26.4 Å². The Kier molecular flexibility index (Phi) is 4.16. The van der Waals surface area contributed by atoms with Crippen LogP contribution in [-0.4, -0.2) is 47.5 Å². The Bertz CT molecular complexity index is 150. The highest BCUT2D eigenvalue weighted by Gasteiger charge is 2.26. The van der Waals surface area contributed by atoms with E-state index in [9.17, 15) is 5.11 Å². The molecular formula is C10H21NO2. The van der Waals surface area contributed by atoms with Crippen molar-refractivity contribution in [3.63, 3.8) is 0 Å². The average Bonchev–Trinajstić information content (AvgIpc) is 2.52. The standard InChI is InChI=1S/C10H21NO2/c1-8(7-12)5-11-4-3-10(6-11)9(2)13/h8-10,12-13H,3-7H2,1-2H3. The van der Waals surface area contributed by atoms with Crippen LogP contribution in [0, 0.1) is 11.8 Å². The van der Waals surface area contributed by atoms with Crippen LogP contribution in [0.3, 0.4) is 0 Å². The third kappa shape index (κ3) is 3.25. The van der Waals surface area contributed by atoms with Crippen molar-refractivity contribution < 1.29 is 10.2 Å². The first-order valence-corrected chi connectivity index (χ1v) is 5.14. The lowest BCUT2D eigenvalue weighted by Crippen LogP contribution is -2.29. The number of hydrogen-bond donors (Lipinski definition) is 2. The van der Waals surface area contributed by atoms with Crippen molar-refractivity contribution in [1.82, 2.24) is 4.90 Å². The van der Waals surface area contributed by atoms with E-state index in [1.165, 1.54) is 0 Å². The van der Waals surface area contributed by atoms with Gasteiger partial charge in [-0.25, -0.2) is 0 Å². The van der Waals surface area contributed by atoms with Gasteiger partial charge in [-0.15, -0.1) is 0 Å². The van der Waals surface area contributed by atoms with E-state index in [2.05, 4.69) is 11.8 Å². The Hall–Kier alpha value is -0.120. The van der Waals surface area contributed by atoms with Crippen LogP contribution in [-0.2, 0) is 0 Å². The van der Waals surface area contributed by atoms with E-state index in [0.717, 1.165) is 26.1 Å². The quantitative estimate of drug-likeness (QED) is 0.666. The largest absolute Gasteiger partial charge is 0.396 e. The lowest BCUT2D eigenvalue weighted by atomic mass is 10.0. The molecule has 78 valence electrons. The molecule has 0 aromatic carbocycles. The predicted octanol–water partition coefficient (Wildman–Crippen LogP) is 0.317.